The van der Waals surface area contributed by atoms with E-state index in [4.69, 9.17) is 4.74 Å². The van der Waals surface area contributed by atoms with Crippen molar-refractivity contribution < 1.29 is 9.53 Å². The van der Waals surface area contributed by atoms with E-state index in [0.717, 1.165) is 36.8 Å². The Balaban J connectivity index is 0.00000243. The summed E-state index contributed by atoms with van der Waals surface area (Å²) in [4.78, 5) is 19.0. The second-order valence-electron chi connectivity index (χ2n) is 5.92. The van der Waals surface area contributed by atoms with Crippen molar-refractivity contribution in [2.45, 2.75) is 23.6 Å². The predicted octanol–water partition coefficient (Wildman–Crippen LogP) is 4.84. The standard InChI is InChI=1S/C20H24N2O2S.ClH/c1-4-21(5-2)12-13-22-16-8-6-7-9-18(16)25-19-14-15(20(23)24-3)10-11-17(19)22;/h6-11,14H,4-5,12-13H2,1-3H3;1H. The van der Waals surface area contributed by atoms with Crippen LogP contribution in [0.2, 0.25) is 0 Å². The molecule has 1 aliphatic heterocycles. The van der Waals surface area contributed by atoms with Gasteiger partial charge in [0.15, 0.2) is 0 Å². The number of methoxy groups -OCH3 is 1. The van der Waals surface area contributed by atoms with E-state index in [1.54, 1.807) is 11.8 Å². The van der Waals surface area contributed by atoms with E-state index >= 15 is 0 Å². The van der Waals surface area contributed by atoms with Crippen molar-refractivity contribution in [3.63, 3.8) is 0 Å². The van der Waals surface area contributed by atoms with Crippen molar-refractivity contribution in [2.75, 3.05) is 38.2 Å². The monoisotopic (exact) mass is 392 g/mol. The molecule has 0 saturated heterocycles. The van der Waals surface area contributed by atoms with Crippen molar-refractivity contribution in [1.82, 2.24) is 4.90 Å². The van der Waals surface area contributed by atoms with E-state index in [2.05, 4.69) is 47.9 Å². The van der Waals surface area contributed by atoms with E-state index in [0.29, 0.717) is 5.56 Å². The van der Waals surface area contributed by atoms with Crippen molar-refractivity contribution >= 4 is 41.5 Å². The molecule has 0 radical (unpaired) electrons. The minimum atomic E-state index is -0.294. The molecular weight excluding hydrogens is 368 g/mol. The van der Waals surface area contributed by atoms with Crippen LogP contribution in [0.3, 0.4) is 0 Å². The van der Waals surface area contributed by atoms with E-state index < -0.39 is 0 Å². The molecule has 0 spiro atoms. The summed E-state index contributed by atoms with van der Waals surface area (Å²) in [6.45, 7) is 8.41. The van der Waals surface area contributed by atoms with E-state index in [-0.39, 0.29) is 18.4 Å². The summed E-state index contributed by atoms with van der Waals surface area (Å²) in [5.41, 5.74) is 2.98. The van der Waals surface area contributed by atoms with Crippen molar-refractivity contribution in [3.8, 4) is 0 Å². The van der Waals surface area contributed by atoms with Gasteiger partial charge in [0, 0.05) is 22.9 Å². The third-order valence-electron chi connectivity index (χ3n) is 4.58. The summed E-state index contributed by atoms with van der Waals surface area (Å²) in [5.74, 6) is -0.294. The van der Waals surface area contributed by atoms with Crippen LogP contribution in [0.15, 0.2) is 52.3 Å². The van der Waals surface area contributed by atoms with Gasteiger partial charge in [0.05, 0.1) is 24.0 Å². The van der Waals surface area contributed by atoms with E-state index in [1.807, 2.05) is 18.2 Å². The first-order chi connectivity index (χ1) is 12.2. The summed E-state index contributed by atoms with van der Waals surface area (Å²) in [7, 11) is 1.42. The number of ether oxygens (including phenoxy) is 1. The molecule has 6 heteroatoms. The lowest BCUT2D eigenvalue weighted by Gasteiger charge is -2.34. The number of para-hydroxylation sites is 1. The molecule has 2 aromatic rings. The lowest BCUT2D eigenvalue weighted by atomic mass is 10.1. The first kappa shape index (κ1) is 20.6. The van der Waals surface area contributed by atoms with Gasteiger partial charge in [-0.1, -0.05) is 37.7 Å². The quantitative estimate of drug-likeness (QED) is 0.657. The molecule has 1 heterocycles. The largest absolute Gasteiger partial charge is 0.465 e. The number of nitrogens with zero attached hydrogens (tertiary/aromatic N) is 2. The zero-order valence-corrected chi connectivity index (χ0v) is 17.0. The Labute approximate surface area is 165 Å². The van der Waals surface area contributed by atoms with Crippen LogP contribution in [-0.4, -0.2) is 44.2 Å². The average molecular weight is 393 g/mol. The Morgan fingerprint density at radius 1 is 1.08 bits per heavy atom. The number of rotatable bonds is 6. The minimum Gasteiger partial charge on any atom is -0.465 e. The summed E-state index contributed by atoms with van der Waals surface area (Å²) >= 11 is 1.71. The predicted molar refractivity (Wildman–Crippen MR) is 110 cm³/mol. The number of esters is 1. The number of halogens is 1. The van der Waals surface area contributed by atoms with Crippen LogP contribution in [-0.2, 0) is 4.74 Å². The van der Waals surface area contributed by atoms with Crippen molar-refractivity contribution in [3.05, 3.63) is 48.0 Å². The highest BCUT2D eigenvalue weighted by Crippen LogP contribution is 2.48. The minimum absolute atomic E-state index is 0. The molecule has 0 bridgehead atoms. The van der Waals surface area contributed by atoms with E-state index in [9.17, 15) is 4.79 Å². The molecular formula is C20H25ClN2O2S. The zero-order chi connectivity index (χ0) is 17.8. The molecule has 0 N–H and O–H groups in total. The van der Waals surface area contributed by atoms with Gasteiger partial charge in [-0.15, -0.1) is 12.4 Å². The summed E-state index contributed by atoms with van der Waals surface area (Å²) in [5, 5.41) is 0. The fourth-order valence-corrected chi connectivity index (χ4v) is 4.24. The second-order valence-corrected chi connectivity index (χ2v) is 7.01. The maximum absolute atomic E-state index is 11.9. The Kier molecular flexibility index (Phi) is 7.38. The van der Waals surface area contributed by atoms with Gasteiger partial charge in [-0.05, 0) is 43.4 Å². The van der Waals surface area contributed by atoms with Crippen molar-refractivity contribution in [1.29, 1.82) is 0 Å². The first-order valence-electron chi connectivity index (χ1n) is 8.67. The van der Waals surface area contributed by atoms with Gasteiger partial charge in [0.1, 0.15) is 0 Å². The van der Waals surface area contributed by atoms with Gasteiger partial charge in [-0.25, -0.2) is 4.79 Å². The number of hydrogen-bond donors (Lipinski definition) is 0. The fraction of sp³-hybridized carbons (Fsp3) is 0.350. The highest BCUT2D eigenvalue weighted by atomic mass is 35.5. The van der Waals surface area contributed by atoms with Gasteiger partial charge in [0.25, 0.3) is 0 Å². The molecule has 0 fully saturated rings. The number of hydrogen-bond acceptors (Lipinski definition) is 5. The molecule has 3 rings (SSSR count). The molecule has 0 aliphatic carbocycles. The zero-order valence-electron chi connectivity index (χ0n) is 15.4. The molecule has 1 aliphatic rings. The summed E-state index contributed by atoms with van der Waals surface area (Å²) in [6, 6.07) is 14.3. The lowest BCUT2D eigenvalue weighted by molar-refractivity contribution is 0.0600. The van der Waals surface area contributed by atoms with Gasteiger partial charge >= 0.3 is 5.97 Å². The number of benzene rings is 2. The smallest absolute Gasteiger partial charge is 0.337 e. The Bertz CT molecular complexity index is 765. The van der Waals surface area contributed by atoms with E-state index in [1.165, 1.54) is 17.7 Å². The van der Waals surface area contributed by atoms with Crippen LogP contribution in [0.5, 0.6) is 0 Å². The molecule has 0 aromatic heterocycles. The van der Waals surface area contributed by atoms with Crippen LogP contribution < -0.4 is 4.90 Å². The molecule has 4 nitrogen and oxygen atoms in total. The van der Waals surface area contributed by atoms with Gasteiger partial charge in [0.2, 0.25) is 0 Å². The van der Waals surface area contributed by atoms with Crippen LogP contribution in [0.4, 0.5) is 11.4 Å². The van der Waals surface area contributed by atoms with Gasteiger partial charge in [-0.3, -0.25) is 0 Å². The number of anilines is 2. The number of carbonyl (C=O) groups excluding carboxylic acids is 1. The van der Waals surface area contributed by atoms with Crippen LogP contribution in [0, 0.1) is 0 Å². The molecule has 0 saturated carbocycles. The highest BCUT2D eigenvalue weighted by molar-refractivity contribution is 7.99. The van der Waals surface area contributed by atoms with Gasteiger partial charge in [-0.2, -0.15) is 0 Å². The fourth-order valence-electron chi connectivity index (χ4n) is 3.10. The van der Waals surface area contributed by atoms with Gasteiger partial charge < -0.3 is 14.5 Å². The molecule has 0 atom stereocenters. The third kappa shape index (κ3) is 4.17. The second kappa shape index (κ2) is 9.31. The highest BCUT2D eigenvalue weighted by Gasteiger charge is 2.24. The SMILES string of the molecule is CCN(CC)CCN1c2ccccc2Sc2cc(C(=O)OC)ccc21.Cl. The Morgan fingerprint density at radius 3 is 2.46 bits per heavy atom. The molecule has 0 amide bonds. The summed E-state index contributed by atoms with van der Waals surface area (Å²) in [6.07, 6.45) is 0. The normalized spacial score (nSPS) is 12.2. The topological polar surface area (TPSA) is 32.8 Å². The lowest BCUT2D eigenvalue weighted by Crippen LogP contribution is -2.33. The maximum atomic E-state index is 11.9. The third-order valence-corrected chi connectivity index (χ3v) is 5.69. The van der Waals surface area contributed by atoms with Crippen LogP contribution in [0.1, 0.15) is 24.2 Å². The molecule has 2 aromatic carbocycles. The van der Waals surface area contributed by atoms with Crippen LogP contribution in [0.25, 0.3) is 0 Å². The Hall–Kier alpha value is -1.69. The number of fused-ring (bicyclic) bond motifs is 2. The maximum Gasteiger partial charge on any atom is 0.337 e. The molecule has 0 unspecified atom stereocenters. The molecule has 140 valence electrons. The van der Waals surface area contributed by atoms with Crippen LogP contribution >= 0.6 is 24.2 Å². The molecule has 26 heavy (non-hydrogen) atoms. The number of likely N-dealkylation sites (N-methyl/N-ethyl adjacent to an activating group) is 1. The average Bonchev–Trinajstić information content (AvgIpc) is 2.66. The summed E-state index contributed by atoms with van der Waals surface area (Å²) < 4.78 is 4.86. The van der Waals surface area contributed by atoms with Crippen molar-refractivity contribution in [2.24, 2.45) is 0 Å². The Morgan fingerprint density at radius 2 is 1.77 bits per heavy atom. The first-order valence-corrected chi connectivity index (χ1v) is 9.48. The number of carbonyl (C=O) groups is 1.